The summed E-state index contributed by atoms with van der Waals surface area (Å²) in [5.41, 5.74) is 0. The van der Waals surface area contributed by atoms with Crippen LogP contribution in [0.1, 0.15) is 39.0 Å². The van der Waals surface area contributed by atoms with Gasteiger partial charge in [-0.1, -0.05) is 0 Å². The lowest BCUT2D eigenvalue weighted by Crippen LogP contribution is -2.55. The van der Waals surface area contributed by atoms with Gasteiger partial charge in [-0.3, -0.25) is 0 Å². The third-order valence-electron chi connectivity index (χ3n) is 4.07. The normalized spacial score (nSPS) is 36.9. The molecule has 3 fully saturated rings. The summed E-state index contributed by atoms with van der Waals surface area (Å²) in [7, 11) is 0. The van der Waals surface area contributed by atoms with Crippen molar-refractivity contribution in [1.29, 1.82) is 0 Å². The van der Waals surface area contributed by atoms with Gasteiger partial charge in [0.05, 0.1) is 18.1 Å². The summed E-state index contributed by atoms with van der Waals surface area (Å²) >= 11 is 2.11. The van der Waals surface area contributed by atoms with Crippen molar-refractivity contribution in [2.45, 2.75) is 55.7 Å². The van der Waals surface area contributed by atoms with E-state index >= 15 is 0 Å². The summed E-state index contributed by atoms with van der Waals surface area (Å²) < 4.78 is 11.6. The Bertz CT molecular complexity index is 256. The highest BCUT2D eigenvalue weighted by Gasteiger charge is 2.47. The fourth-order valence-electron chi connectivity index (χ4n) is 3.10. The van der Waals surface area contributed by atoms with Crippen LogP contribution in [0.2, 0.25) is 0 Å². The minimum Gasteiger partial charge on any atom is -0.348 e. The quantitative estimate of drug-likeness (QED) is 0.706. The Morgan fingerprint density at radius 2 is 1.81 bits per heavy atom. The maximum Gasteiger partial charge on any atom is 0.168 e. The predicted octanol–water partition coefficient (Wildman–Crippen LogP) is 2.11. The van der Waals surface area contributed by atoms with Crippen LogP contribution >= 0.6 is 11.8 Å². The molecule has 1 aliphatic carbocycles. The lowest BCUT2D eigenvalue weighted by Gasteiger charge is -2.47. The predicted molar refractivity (Wildman–Crippen MR) is 65.5 cm³/mol. The summed E-state index contributed by atoms with van der Waals surface area (Å²) in [6, 6.07) is 0.667. The third-order valence-corrected chi connectivity index (χ3v) is 5.59. The molecule has 0 bridgehead atoms. The minimum absolute atomic E-state index is 0.214. The second-order valence-electron chi connectivity index (χ2n) is 5.28. The first-order chi connectivity index (χ1) is 7.72. The van der Waals surface area contributed by atoms with Gasteiger partial charge in [-0.25, -0.2) is 0 Å². The van der Waals surface area contributed by atoms with Crippen molar-refractivity contribution >= 4 is 11.8 Å². The van der Waals surface area contributed by atoms with E-state index in [1.165, 1.54) is 25.0 Å². The molecule has 0 amide bonds. The van der Waals surface area contributed by atoms with Gasteiger partial charge in [0.2, 0.25) is 0 Å². The Morgan fingerprint density at radius 1 is 1.12 bits per heavy atom. The van der Waals surface area contributed by atoms with Crippen LogP contribution < -0.4 is 5.32 Å². The zero-order valence-electron chi connectivity index (χ0n) is 9.96. The first kappa shape index (κ1) is 11.3. The van der Waals surface area contributed by atoms with Crippen molar-refractivity contribution in [3.05, 3.63) is 0 Å². The molecular weight excluding hydrogens is 222 g/mol. The molecule has 2 heterocycles. The van der Waals surface area contributed by atoms with E-state index in [9.17, 15) is 0 Å². The molecule has 3 aliphatic rings. The van der Waals surface area contributed by atoms with Crippen molar-refractivity contribution < 1.29 is 9.47 Å². The molecule has 1 atom stereocenters. The van der Waals surface area contributed by atoms with E-state index in [0.717, 1.165) is 26.1 Å². The first-order valence-electron chi connectivity index (χ1n) is 6.42. The number of thioether (sulfide) groups is 1. The van der Waals surface area contributed by atoms with Gasteiger partial charge in [0.25, 0.3) is 0 Å². The number of nitrogens with one attached hydrogen (secondary N) is 1. The van der Waals surface area contributed by atoms with Crippen LogP contribution in [-0.4, -0.2) is 35.7 Å². The number of hydrogen-bond donors (Lipinski definition) is 1. The molecule has 2 spiro atoms. The molecule has 3 rings (SSSR count). The molecule has 92 valence electrons. The Balaban J connectivity index is 1.64. The SMILES string of the molecule is CC1CCSC2(CCC3(CC2)OCCO3)N1. The zero-order chi connectivity index (χ0) is 11.1. The molecule has 1 N–H and O–H groups in total. The van der Waals surface area contributed by atoms with Crippen molar-refractivity contribution in [2.75, 3.05) is 19.0 Å². The van der Waals surface area contributed by atoms with Crippen LogP contribution in [0.5, 0.6) is 0 Å². The van der Waals surface area contributed by atoms with E-state index in [4.69, 9.17) is 9.47 Å². The molecular formula is C12H21NO2S. The smallest absolute Gasteiger partial charge is 0.168 e. The summed E-state index contributed by atoms with van der Waals surface area (Å²) in [4.78, 5) is 0.318. The molecule has 0 aromatic rings. The maximum absolute atomic E-state index is 5.78. The fourth-order valence-corrected chi connectivity index (χ4v) is 4.74. The summed E-state index contributed by atoms with van der Waals surface area (Å²) in [6.45, 7) is 3.86. The van der Waals surface area contributed by atoms with Gasteiger partial charge in [0, 0.05) is 18.9 Å². The fraction of sp³-hybridized carbons (Fsp3) is 1.00. The van der Waals surface area contributed by atoms with Crippen molar-refractivity contribution in [3.63, 3.8) is 0 Å². The van der Waals surface area contributed by atoms with Gasteiger partial charge in [0.1, 0.15) is 0 Å². The molecule has 2 aliphatic heterocycles. The van der Waals surface area contributed by atoms with Crippen LogP contribution in [0.25, 0.3) is 0 Å². The average molecular weight is 243 g/mol. The van der Waals surface area contributed by atoms with Crippen LogP contribution in [0.15, 0.2) is 0 Å². The van der Waals surface area contributed by atoms with Crippen molar-refractivity contribution in [1.82, 2.24) is 5.32 Å². The highest BCUT2D eigenvalue weighted by molar-refractivity contribution is 8.00. The van der Waals surface area contributed by atoms with Gasteiger partial charge in [-0.15, -0.1) is 11.8 Å². The molecule has 1 saturated carbocycles. The molecule has 3 nitrogen and oxygen atoms in total. The number of hydrogen-bond acceptors (Lipinski definition) is 4. The minimum atomic E-state index is -0.214. The topological polar surface area (TPSA) is 30.5 Å². The highest BCUT2D eigenvalue weighted by atomic mass is 32.2. The second-order valence-corrected chi connectivity index (χ2v) is 6.76. The Kier molecular flexibility index (Phi) is 2.94. The summed E-state index contributed by atoms with van der Waals surface area (Å²) in [6.07, 6.45) is 5.77. The zero-order valence-corrected chi connectivity index (χ0v) is 10.8. The Morgan fingerprint density at radius 3 is 2.44 bits per heavy atom. The first-order valence-corrected chi connectivity index (χ1v) is 7.40. The standard InChI is InChI=1S/C12H21NO2S/c1-10-2-9-16-11(13-10)3-5-12(6-4-11)14-7-8-15-12/h10,13H,2-9H2,1H3. The van der Waals surface area contributed by atoms with E-state index in [-0.39, 0.29) is 5.79 Å². The van der Waals surface area contributed by atoms with Crippen molar-refractivity contribution in [2.24, 2.45) is 0 Å². The molecule has 2 saturated heterocycles. The largest absolute Gasteiger partial charge is 0.348 e. The second kappa shape index (κ2) is 4.16. The Labute approximate surface area is 102 Å². The van der Waals surface area contributed by atoms with E-state index in [1.54, 1.807) is 0 Å². The van der Waals surface area contributed by atoms with Gasteiger partial charge in [-0.05, 0) is 31.9 Å². The molecule has 0 radical (unpaired) electrons. The molecule has 4 heteroatoms. The molecule has 0 aromatic carbocycles. The monoisotopic (exact) mass is 243 g/mol. The van der Waals surface area contributed by atoms with E-state index in [2.05, 4.69) is 24.0 Å². The van der Waals surface area contributed by atoms with Gasteiger partial charge in [-0.2, -0.15) is 0 Å². The number of ether oxygens (including phenoxy) is 2. The van der Waals surface area contributed by atoms with E-state index in [1.807, 2.05) is 0 Å². The lowest BCUT2D eigenvalue weighted by atomic mass is 9.88. The van der Waals surface area contributed by atoms with Crippen LogP contribution in [0.3, 0.4) is 0 Å². The van der Waals surface area contributed by atoms with Gasteiger partial charge >= 0.3 is 0 Å². The van der Waals surface area contributed by atoms with E-state index < -0.39 is 0 Å². The third kappa shape index (κ3) is 2.01. The van der Waals surface area contributed by atoms with E-state index in [0.29, 0.717) is 10.9 Å². The van der Waals surface area contributed by atoms with Crippen molar-refractivity contribution in [3.8, 4) is 0 Å². The van der Waals surface area contributed by atoms with Gasteiger partial charge in [0.15, 0.2) is 5.79 Å². The average Bonchev–Trinajstić information content (AvgIpc) is 2.73. The lowest BCUT2D eigenvalue weighted by molar-refractivity contribution is -0.181. The Hall–Kier alpha value is 0.230. The van der Waals surface area contributed by atoms with Crippen LogP contribution in [-0.2, 0) is 9.47 Å². The van der Waals surface area contributed by atoms with Crippen LogP contribution in [0, 0.1) is 0 Å². The molecule has 16 heavy (non-hydrogen) atoms. The number of rotatable bonds is 0. The highest BCUT2D eigenvalue weighted by Crippen LogP contribution is 2.46. The summed E-state index contributed by atoms with van der Waals surface area (Å²) in [5, 5.41) is 3.79. The van der Waals surface area contributed by atoms with Crippen LogP contribution in [0.4, 0.5) is 0 Å². The summed E-state index contributed by atoms with van der Waals surface area (Å²) in [5.74, 6) is 1.08. The van der Waals surface area contributed by atoms with Gasteiger partial charge < -0.3 is 14.8 Å². The molecule has 1 unspecified atom stereocenters. The maximum atomic E-state index is 5.78. The molecule has 0 aromatic heterocycles.